The van der Waals surface area contributed by atoms with Gasteiger partial charge in [-0.1, -0.05) is 20.8 Å². The lowest BCUT2D eigenvalue weighted by atomic mass is 9.87. The van der Waals surface area contributed by atoms with Gasteiger partial charge in [0.2, 0.25) is 0 Å². The normalized spacial score (nSPS) is 20.9. The van der Waals surface area contributed by atoms with Gasteiger partial charge in [-0.25, -0.2) is 4.79 Å². The van der Waals surface area contributed by atoms with E-state index in [-0.39, 0.29) is 18.0 Å². The number of cyclic esters (lactones) is 1. The summed E-state index contributed by atoms with van der Waals surface area (Å²) in [6.07, 6.45) is -0.437. The number of nitrogens with zero attached hydrogens (tertiary/aromatic N) is 1. The van der Waals surface area contributed by atoms with E-state index in [1.807, 2.05) is 20.8 Å². The summed E-state index contributed by atoms with van der Waals surface area (Å²) in [5.74, 6) is -0.393. The van der Waals surface area contributed by atoms with Gasteiger partial charge in [0.1, 0.15) is 13.2 Å². The molecule has 0 aromatic rings. The molecule has 0 bridgehead atoms. The van der Waals surface area contributed by atoms with Crippen LogP contribution in [0.5, 0.6) is 0 Å². The lowest BCUT2D eigenvalue weighted by Gasteiger charge is -2.31. The van der Waals surface area contributed by atoms with E-state index in [0.717, 1.165) is 0 Å². The Hall–Kier alpha value is -1.26. The number of carbonyl (C=O) groups excluding carboxylic acids is 2. The number of carbonyl (C=O) groups is 2. The minimum atomic E-state index is -0.437. The van der Waals surface area contributed by atoms with E-state index < -0.39 is 12.1 Å². The van der Waals surface area contributed by atoms with Crippen LogP contribution in [0.3, 0.4) is 0 Å². The Kier molecular flexibility index (Phi) is 3.78. The van der Waals surface area contributed by atoms with Gasteiger partial charge >= 0.3 is 12.1 Å². The molecule has 0 aromatic heterocycles. The van der Waals surface area contributed by atoms with Crippen molar-refractivity contribution in [3.05, 3.63) is 0 Å². The molecular formula is C11H19NO4. The van der Waals surface area contributed by atoms with Crippen molar-refractivity contribution in [2.24, 2.45) is 5.41 Å². The molecule has 0 aromatic carbocycles. The van der Waals surface area contributed by atoms with E-state index in [0.29, 0.717) is 13.2 Å². The van der Waals surface area contributed by atoms with E-state index in [1.54, 1.807) is 6.92 Å². The molecule has 0 radical (unpaired) electrons. The third kappa shape index (κ3) is 2.87. The highest BCUT2D eigenvalue weighted by molar-refractivity contribution is 5.79. The molecule has 0 saturated carbocycles. The molecule has 1 fully saturated rings. The van der Waals surface area contributed by atoms with Gasteiger partial charge in [-0.05, 0) is 12.3 Å². The molecule has 1 atom stereocenters. The van der Waals surface area contributed by atoms with Crippen LogP contribution in [0.4, 0.5) is 4.79 Å². The third-order valence-electron chi connectivity index (χ3n) is 2.58. The van der Waals surface area contributed by atoms with Crippen LogP contribution < -0.4 is 0 Å². The maximum atomic E-state index is 11.5. The largest absolute Gasteiger partial charge is 0.465 e. The molecule has 5 heteroatoms. The molecule has 1 heterocycles. The Bertz CT molecular complexity index is 282. The Morgan fingerprint density at radius 2 is 2.19 bits per heavy atom. The molecule has 5 nitrogen and oxygen atoms in total. The van der Waals surface area contributed by atoms with Crippen LogP contribution in [0, 0.1) is 5.41 Å². The molecule has 16 heavy (non-hydrogen) atoms. The van der Waals surface area contributed by atoms with Crippen LogP contribution >= 0.6 is 0 Å². The van der Waals surface area contributed by atoms with Crippen molar-refractivity contribution in [3.63, 3.8) is 0 Å². The average Bonchev–Trinajstić information content (AvgIpc) is 2.47. The second-order valence-electron chi connectivity index (χ2n) is 4.89. The topological polar surface area (TPSA) is 55.8 Å². The fourth-order valence-corrected chi connectivity index (χ4v) is 1.69. The summed E-state index contributed by atoms with van der Waals surface area (Å²) >= 11 is 0. The quantitative estimate of drug-likeness (QED) is 0.687. The SMILES string of the molecule is CCOC(=O)CN1C(=O)OC[C@@H]1C(C)(C)C. The van der Waals surface area contributed by atoms with Crippen molar-refractivity contribution in [1.82, 2.24) is 4.90 Å². The highest BCUT2D eigenvalue weighted by Crippen LogP contribution is 2.29. The first kappa shape index (κ1) is 12.8. The van der Waals surface area contributed by atoms with Crippen LogP contribution in [0.15, 0.2) is 0 Å². The second-order valence-corrected chi connectivity index (χ2v) is 4.89. The predicted octanol–water partition coefficient (Wildman–Crippen LogP) is 1.42. The van der Waals surface area contributed by atoms with Crippen molar-refractivity contribution < 1.29 is 19.1 Å². The van der Waals surface area contributed by atoms with Crippen LogP contribution in [-0.2, 0) is 14.3 Å². The van der Waals surface area contributed by atoms with Crippen molar-refractivity contribution in [1.29, 1.82) is 0 Å². The van der Waals surface area contributed by atoms with Crippen LogP contribution in [-0.4, -0.2) is 42.8 Å². The number of hydrogen-bond acceptors (Lipinski definition) is 4. The minimum Gasteiger partial charge on any atom is -0.465 e. The van der Waals surface area contributed by atoms with Gasteiger partial charge in [0, 0.05) is 0 Å². The Labute approximate surface area is 95.7 Å². The van der Waals surface area contributed by atoms with Gasteiger partial charge < -0.3 is 9.47 Å². The number of rotatable bonds is 3. The smallest absolute Gasteiger partial charge is 0.410 e. The summed E-state index contributed by atoms with van der Waals surface area (Å²) in [5.41, 5.74) is -0.112. The lowest BCUT2D eigenvalue weighted by Crippen LogP contribution is -2.45. The van der Waals surface area contributed by atoms with Crippen LogP contribution in [0.25, 0.3) is 0 Å². The summed E-state index contributed by atoms with van der Waals surface area (Å²) in [4.78, 5) is 24.3. The fourth-order valence-electron chi connectivity index (χ4n) is 1.69. The fraction of sp³-hybridized carbons (Fsp3) is 0.818. The summed E-state index contributed by atoms with van der Waals surface area (Å²) in [6.45, 7) is 8.40. The molecule has 1 amide bonds. The summed E-state index contributed by atoms with van der Waals surface area (Å²) in [7, 11) is 0. The molecule has 1 aliphatic rings. The molecule has 92 valence electrons. The molecule has 0 aliphatic carbocycles. The Morgan fingerprint density at radius 3 is 2.69 bits per heavy atom. The maximum Gasteiger partial charge on any atom is 0.410 e. The number of ether oxygens (including phenoxy) is 2. The van der Waals surface area contributed by atoms with Crippen molar-refractivity contribution in [3.8, 4) is 0 Å². The zero-order valence-corrected chi connectivity index (χ0v) is 10.3. The van der Waals surface area contributed by atoms with Gasteiger partial charge in [-0.3, -0.25) is 9.69 Å². The van der Waals surface area contributed by atoms with Gasteiger partial charge in [0.05, 0.1) is 12.6 Å². The molecule has 1 rings (SSSR count). The van der Waals surface area contributed by atoms with Crippen LogP contribution in [0.1, 0.15) is 27.7 Å². The highest BCUT2D eigenvalue weighted by Gasteiger charge is 2.41. The van der Waals surface area contributed by atoms with E-state index in [9.17, 15) is 9.59 Å². The van der Waals surface area contributed by atoms with E-state index in [1.165, 1.54) is 4.90 Å². The van der Waals surface area contributed by atoms with Gasteiger partial charge in [0.25, 0.3) is 0 Å². The Morgan fingerprint density at radius 1 is 1.56 bits per heavy atom. The van der Waals surface area contributed by atoms with E-state index in [2.05, 4.69) is 0 Å². The zero-order valence-electron chi connectivity index (χ0n) is 10.3. The lowest BCUT2D eigenvalue weighted by molar-refractivity contribution is -0.144. The molecule has 0 unspecified atom stereocenters. The zero-order chi connectivity index (χ0) is 12.3. The first-order chi connectivity index (χ1) is 7.36. The van der Waals surface area contributed by atoms with Crippen molar-refractivity contribution in [2.45, 2.75) is 33.7 Å². The van der Waals surface area contributed by atoms with Crippen LogP contribution in [0.2, 0.25) is 0 Å². The number of esters is 1. The van der Waals surface area contributed by atoms with Gasteiger partial charge in [-0.15, -0.1) is 0 Å². The molecular weight excluding hydrogens is 210 g/mol. The number of hydrogen-bond donors (Lipinski definition) is 0. The van der Waals surface area contributed by atoms with Gasteiger partial charge in [-0.2, -0.15) is 0 Å². The molecule has 0 N–H and O–H groups in total. The standard InChI is InChI=1S/C11H19NO4/c1-5-15-9(13)6-12-8(11(2,3)4)7-16-10(12)14/h8H,5-7H2,1-4H3/t8-/m1/s1. The summed E-state index contributed by atoms with van der Waals surface area (Å²) < 4.78 is 9.79. The predicted molar refractivity (Wildman–Crippen MR) is 57.9 cm³/mol. The van der Waals surface area contributed by atoms with Crippen molar-refractivity contribution in [2.75, 3.05) is 19.8 Å². The minimum absolute atomic E-state index is 0.0331. The van der Waals surface area contributed by atoms with Gasteiger partial charge in [0.15, 0.2) is 0 Å². The highest BCUT2D eigenvalue weighted by atomic mass is 16.6. The summed E-state index contributed by atoms with van der Waals surface area (Å²) in [5, 5.41) is 0. The first-order valence-electron chi connectivity index (χ1n) is 5.45. The maximum absolute atomic E-state index is 11.5. The van der Waals surface area contributed by atoms with E-state index in [4.69, 9.17) is 9.47 Å². The monoisotopic (exact) mass is 229 g/mol. The van der Waals surface area contributed by atoms with Crippen molar-refractivity contribution >= 4 is 12.1 Å². The molecule has 1 aliphatic heterocycles. The second kappa shape index (κ2) is 4.72. The Balaban J connectivity index is 2.67. The molecule has 1 saturated heterocycles. The third-order valence-corrected chi connectivity index (χ3v) is 2.58. The molecule has 0 spiro atoms. The number of amides is 1. The van der Waals surface area contributed by atoms with E-state index >= 15 is 0 Å². The summed E-state index contributed by atoms with van der Waals surface area (Å²) in [6, 6.07) is -0.0793. The first-order valence-corrected chi connectivity index (χ1v) is 5.45. The average molecular weight is 229 g/mol.